The predicted molar refractivity (Wildman–Crippen MR) is 145 cm³/mol. The molecule has 0 aromatic heterocycles. The molecule has 2 saturated heterocycles. The average molecular weight is 493 g/mol. The topological polar surface area (TPSA) is 47.9 Å². The van der Waals surface area contributed by atoms with Crippen LogP contribution in [0.2, 0.25) is 0 Å². The minimum Gasteiger partial charge on any atom is -0.489 e. The van der Waals surface area contributed by atoms with Gasteiger partial charge in [-0.2, -0.15) is 0 Å². The Kier molecular flexibility index (Phi) is 8.92. The molecule has 2 aromatic rings. The summed E-state index contributed by atoms with van der Waals surface area (Å²) in [6.07, 6.45) is 8.80. The average Bonchev–Trinajstić information content (AvgIpc) is 2.85. The van der Waals surface area contributed by atoms with Gasteiger partial charge in [0.25, 0.3) is 0 Å². The summed E-state index contributed by atoms with van der Waals surface area (Å²) in [6, 6.07) is 18.7. The SMILES string of the molecule is C=CC[C@@H]1O[C@@]2(C[C@@H](O)C[C@H](CCCCc3cccc(OCc4ccccc4)c3)O2)C(C)(C)C[C@H]1C. The first-order chi connectivity index (χ1) is 17.3. The van der Waals surface area contributed by atoms with E-state index in [4.69, 9.17) is 14.2 Å². The molecule has 0 aliphatic carbocycles. The predicted octanol–water partition coefficient (Wildman–Crippen LogP) is 7.24. The Balaban J connectivity index is 1.28. The van der Waals surface area contributed by atoms with E-state index in [1.165, 1.54) is 11.1 Å². The lowest BCUT2D eigenvalue weighted by Gasteiger charge is -2.57. The standard InChI is InChI=1S/C32H44O4/c1-5-12-30-24(2)21-31(3,4)32(36-30)22-27(33)20-29(35-32)17-10-9-13-25-16-11-18-28(19-25)34-23-26-14-7-6-8-15-26/h5-8,11,14-16,18-19,24,27,29-30,33H,1,9-10,12-13,17,20-23H2,2-4H3/t24-,27+,29+,30+,32+/m1/s1. The Labute approximate surface area is 217 Å². The third kappa shape index (κ3) is 6.59. The van der Waals surface area contributed by atoms with E-state index in [-0.39, 0.29) is 23.7 Å². The zero-order chi connectivity index (χ0) is 25.6. The molecular formula is C32H44O4. The summed E-state index contributed by atoms with van der Waals surface area (Å²) in [6.45, 7) is 11.2. The van der Waals surface area contributed by atoms with E-state index in [0.717, 1.165) is 44.3 Å². The van der Waals surface area contributed by atoms with Crippen molar-refractivity contribution in [3.05, 3.63) is 78.4 Å². The second-order valence-electron chi connectivity index (χ2n) is 11.5. The van der Waals surface area contributed by atoms with Crippen molar-refractivity contribution in [2.45, 2.75) is 103 Å². The van der Waals surface area contributed by atoms with Gasteiger partial charge in [-0.05, 0) is 67.7 Å². The molecule has 1 N–H and O–H groups in total. The molecule has 2 heterocycles. The van der Waals surface area contributed by atoms with Crippen LogP contribution in [0.4, 0.5) is 0 Å². The van der Waals surface area contributed by atoms with Gasteiger partial charge in [-0.15, -0.1) is 6.58 Å². The van der Waals surface area contributed by atoms with E-state index in [0.29, 0.717) is 25.4 Å². The number of hydrogen-bond acceptors (Lipinski definition) is 4. The zero-order valence-electron chi connectivity index (χ0n) is 22.3. The van der Waals surface area contributed by atoms with Crippen molar-refractivity contribution in [1.82, 2.24) is 0 Å². The fraction of sp³-hybridized carbons (Fsp3) is 0.562. The molecule has 2 aliphatic rings. The second-order valence-corrected chi connectivity index (χ2v) is 11.5. The molecule has 4 nitrogen and oxygen atoms in total. The lowest BCUT2D eigenvalue weighted by molar-refractivity contribution is -0.380. The quantitative estimate of drug-likeness (QED) is 0.280. The van der Waals surface area contributed by atoms with Gasteiger partial charge in [0.2, 0.25) is 0 Å². The van der Waals surface area contributed by atoms with Gasteiger partial charge >= 0.3 is 0 Å². The Bertz CT molecular complexity index is 971. The number of hydrogen-bond donors (Lipinski definition) is 1. The van der Waals surface area contributed by atoms with E-state index >= 15 is 0 Å². The number of aliphatic hydroxyl groups excluding tert-OH is 1. The van der Waals surface area contributed by atoms with Gasteiger partial charge in [-0.1, -0.05) is 75.7 Å². The molecule has 196 valence electrons. The van der Waals surface area contributed by atoms with E-state index in [2.05, 4.69) is 57.7 Å². The van der Waals surface area contributed by atoms with Gasteiger partial charge in [-0.25, -0.2) is 0 Å². The summed E-state index contributed by atoms with van der Waals surface area (Å²) in [5.74, 6) is 0.633. The molecule has 2 aromatic carbocycles. The smallest absolute Gasteiger partial charge is 0.176 e. The fourth-order valence-electron chi connectivity index (χ4n) is 6.04. The van der Waals surface area contributed by atoms with Gasteiger partial charge in [0, 0.05) is 11.8 Å². The maximum absolute atomic E-state index is 10.8. The van der Waals surface area contributed by atoms with Crippen LogP contribution in [0.3, 0.4) is 0 Å². The van der Waals surface area contributed by atoms with Crippen LogP contribution in [0.15, 0.2) is 67.3 Å². The number of rotatable bonds is 10. The van der Waals surface area contributed by atoms with Crippen LogP contribution in [0.25, 0.3) is 0 Å². The highest BCUT2D eigenvalue weighted by molar-refractivity contribution is 5.29. The molecule has 0 amide bonds. The van der Waals surface area contributed by atoms with Crippen LogP contribution in [0.1, 0.15) is 76.8 Å². The summed E-state index contributed by atoms with van der Waals surface area (Å²) < 4.78 is 19.4. The molecule has 1 spiro atoms. The highest BCUT2D eigenvalue weighted by Gasteiger charge is 2.57. The van der Waals surface area contributed by atoms with Crippen molar-refractivity contribution >= 4 is 0 Å². The largest absolute Gasteiger partial charge is 0.489 e. The molecule has 0 bridgehead atoms. The van der Waals surface area contributed by atoms with Crippen molar-refractivity contribution in [3.8, 4) is 5.75 Å². The van der Waals surface area contributed by atoms with Gasteiger partial charge < -0.3 is 19.3 Å². The molecule has 0 unspecified atom stereocenters. The maximum Gasteiger partial charge on any atom is 0.176 e. The normalized spacial score (nSPS) is 29.7. The summed E-state index contributed by atoms with van der Waals surface area (Å²) in [5.41, 5.74) is 2.31. The minimum atomic E-state index is -0.722. The lowest BCUT2D eigenvalue weighted by atomic mass is 9.68. The first kappa shape index (κ1) is 26.9. The van der Waals surface area contributed by atoms with E-state index in [1.807, 2.05) is 30.3 Å². The number of unbranched alkanes of at least 4 members (excludes halogenated alkanes) is 1. The third-order valence-electron chi connectivity index (χ3n) is 8.02. The van der Waals surface area contributed by atoms with Gasteiger partial charge in [-0.3, -0.25) is 0 Å². The monoisotopic (exact) mass is 492 g/mol. The van der Waals surface area contributed by atoms with Crippen LogP contribution in [0, 0.1) is 11.3 Å². The molecule has 36 heavy (non-hydrogen) atoms. The summed E-state index contributed by atoms with van der Waals surface area (Å²) in [7, 11) is 0. The first-order valence-corrected chi connectivity index (χ1v) is 13.7. The summed E-state index contributed by atoms with van der Waals surface area (Å²) >= 11 is 0. The molecular weight excluding hydrogens is 448 g/mol. The maximum atomic E-state index is 10.8. The van der Waals surface area contributed by atoms with Crippen LogP contribution < -0.4 is 4.74 Å². The Morgan fingerprint density at radius 3 is 2.58 bits per heavy atom. The van der Waals surface area contributed by atoms with Crippen molar-refractivity contribution in [3.63, 3.8) is 0 Å². The molecule has 4 heteroatoms. The Morgan fingerprint density at radius 1 is 1.03 bits per heavy atom. The zero-order valence-corrected chi connectivity index (χ0v) is 22.3. The van der Waals surface area contributed by atoms with Gasteiger partial charge in [0.15, 0.2) is 5.79 Å². The van der Waals surface area contributed by atoms with Crippen LogP contribution in [0.5, 0.6) is 5.75 Å². The number of aliphatic hydroxyl groups is 1. The van der Waals surface area contributed by atoms with Gasteiger partial charge in [0.1, 0.15) is 12.4 Å². The first-order valence-electron chi connectivity index (χ1n) is 13.7. The minimum absolute atomic E-state index is 0.0198. The van der Waals surface area contributed by atoms with E-state index < -0.39 is 5.79 Å². The van der Waals surface area contributed by atoms with Crippen molar-refractivity contribution in [2.24, 2.45) is 11.3 Å². The molecule has 4 rings (SSSR count). The fourth-order valence-corrected chi connectivity index (χ4v) is 6.04. The van der Waals surface area contributed by atoms with Gasteiger partial charge in [0.05, 0.1) is 18.3 Å². The molecule has 0 saturated carbocycles. The van der Waals surface area contributed by atoms with Crippen LogP contribution >= 0.6 is 0 Å². The summed E-state index contributed by atoms with van der Waals surface area (Å²) in [5, 5.41) is 10.8. The van der Waals surface area contributed by atoms with Crippen molar-refractivity contribution < 1.29 is 19.3 Å². The highest BCUT2D eigenvalue weighted by Crippen LogP contribution is 2.53. The Hall–Kier alpha value is -2.14. The molecule has 0 radical (unpaired) electrons. The van der Waals surface area contributed by atoms with Crippen molar-refractivity contribution in [2.75, 3.05) is 0 Å². The van der Waals surface area contributed by atoms with E-state index in [9.17, 15) is 5.11 Å². The molecule has 2 aliphatic heterocycles. The highest BCUT2D eigenvalue weighted by atomic mass is 16.7. The molecule has 2 fully saturated rings. The lowest BCUT2D eigenvalue weighted by Crippen LogP contribution is -2.62. The van der Waals surface area contributed by atoms with E-state index in [1.54, 1.807) is 0 Å². The number of aryl methyl sites for hydroxylation is 1. The number of ether oxygens (including phenoxy) is 3. The third-order valence-corrected chi connectivity index (χ3v) is 8.02. The molecule has 5 atom stereocenters. The Morgan fingerprint density at radius 2 is 1.81 bits per heavy atom. The van der Waals surface area contributed by atoms with Crippen molar-refractivity contribution in [1.29, 1.82) is 0 Å². The second kappa shape index (κ2) is 11.9. The van der Waals surface area contributed by atoms with Crippen LogP contribution in [-0.2, 0) is 22.5 Å². The van der Waals surface area contributed by atoms with Crippen LogP contribution in [-0.4, -0.2) is 29.2 Å². The summed E-state index contributed by atoms with van der Waals surface area (Å²) in [4.78, 5) is 0. The number of benzene rings is 2.